The van der Waals surface area contributed by atoms with Gasteiger partial charge in [-0.05, 0) is 30.7 Å². The van der Waals surface area contributed by atoms with E-state index in [1.54, 1.807) is 0 Å². The third-order valence-electron chi connectivity index (χ3n) is 3.09. The Kier molecular flexibility index (Phi) is 7.40. The number of aliphatic hydroxyl groups excluding tert-OH is 1. The lowest BCUT2D eigenvalue weighted by molar-refractivity contribution is 0.246. The molecule has 1 heteroatoms. The van der Waals surface area contributed by atoms with Crippen LogP contribution in [0.5, 0.6) is 0 Å². The molecule has 0 aliphatic heterocycles. The van der Waals surface area contributed by atoms with Crippen LogP contribution < -0.4 is 0 Å². The molecule has 0 heterocycles. The van der Waals surface area contributed by atoms with E-state index in [0.29, 0.717) is 12.5 Å². The smallest absolute Gasteiger partial charge is 0.0433 e. The Balaban J connectivity index is 2.28. The van der Waals surface area contributed by atoms with Crippen molar-refractivity contribution in [2.75, 3.05) is 6.61 Å². The normalized spacial score (nSPS) is 13.1. The minimum absolute atomic E-state index is 0.326. The molecule has 1 N–H and O–H groups in total. The maximum atomic E-state index is 8.98. The van der Waals surface area contributed by atoms with Gasteiger partial charge in [-0.15, -0.1) is 0 Å². The van der Waals surface area contributed by atoms with Gasteiger partial charge < -0.3 is 5.11 Å². The zero-order chi connectivity index (χ0) is 12.3. The quantitative estimate of drug-likeness (QED) is 0.709. The molecule has 0 aliphatic carbocycles. The van der Waals surface area contributed by atoms with Gasteiger partial charge in [0.25, 0.3) is 0 Å². The van der Waals surface area contributed by atoms with Crippen LogP contribution in [0.15, 0.2) is 36.4 Å². The van der Waals surface area contributed by atoms with Gasteiger partial charge in [0.15, 0.2) is 0 Å². The van der Waals surface area contributed by atoms with E-state index in [9.17, 15) is 0 Å². The molecule has 1 rings (SSSR count). The Labute approximate surface area is 105 Å². The Hall–Kier alpha value is -1.08. The van der Waals surface area contributed by atoms with Crippen molar-refractivity contribution in [2.45, 2.75) is 39.0 Å². The van der Waals surface area contributed by atoms with E-state index in [1.165, 1.54) is 24.8 Å². The summed E-state index contributed by atoms with van der Waals surface area (Å²) in [5.74, 6) is 0.686. The second-order valence-corrected chi connectivity index (χ2v) is 4.56. The van der Waals surface area contributed by atoms with Crippen molar-refractivity contribution in [2.24, 2.45) is 5.92 Å². The molecule has 0 fully saturated rings. The minimum atomic E-state index is 0.326. The second kappa shape index (κ2) is 9.00. The van der Waals surface area contributed by atoms with E-state index < -0.39 is 0 Å². The predicted molar refractivity (Wildman–Crippen MR) is 74.8 cm³/mol. The van der Waals surface area contributed by atoms with E-state index in [2.05, 4.69) is 43.3 Å². The molecule has 1 aromatic carbocycles. The van der Waals surface area contributed by atoms with Gasteiger partial charge in [-0.25, -0.2) is 0 Å². The molecule has 0 aliphatic rings. The molecular formula is C16H24O. The largest absolute Gasteiger partial charge is 0.396 e. The van der Waals surface area contributed by atoms with Crippen LogP contribution in [0.1, 0.15) is 44.6 Å². The summed E-state index contributed by atoms with van der Waals surface area (Å²) < 4.78 is 0. The number of allylic oxidation sites excluding steroid dienone is 1. The molecule has 0 bridgehead atoms. The van der Waals surface area contributed by atoms with Crippen molar-refractivity contribution in [1.29, 1.82) is 0 Å². The molecule has 0 saturated heterocycles. The van der Waals surface area contributed by atoms with Crippen LogP contribution in [0, 0.1) is 5.92 Å². The lowest BCUT2D eigenvalue weighted by atomic mass is 9.95. The number of hydrogen-bond acceptors (Lipinski definition) is 1. The van der Waals surface area contributed by atoms with Crippen molar-refractivity contribution in [1.82, 2.24) is 0 Å². The number of aliphatic hydroxyl groups is 1. The van der Waals surface area contributed by atoms with Crippen LogP contribution in [0.2, 0.25) is 0 Å². The van der Waals surface area contributed by atoms with Gasteiger partial charge >= 0.3 is 0 Å². The first kappa shape index (κ1) is 14.0. The Bertz CT molecular complexity index is 297. The summed E-state index contributed by atoms with van der Waals surface area (Å²) in [7, 11) is 0. The Morgan fingerprint density at radius 3 is 2.53 bits per heavy atom. The first-order valence-electron chi connectivity index (χ1n) is 6.69. The molecule has 0 spiro atoms. The summed E-state index contributed by atoms with van der Waals surface area (Å²) in [6.45, 7) is 2.54. The average Bonchev–Trinajstić information content (AvgIpc) is 2.36. The van der Waals surface area contributed by atoms with Crippen molar-refractivity contribution >= 4 is 6.08 Å². The van der Waals surface area contributed by atoms with E-state index >= 15 is 0 Å². The maximum Gasteiger partial charge on any atom is 0.0433 e. The predicted octanol–water partition coefficient (Wildman–Crippen LogP) is 4.28. The summed E-state index contributed by atoms with van der Waals surface area (Å²) in [6, 6.07) is 10.4. The highest BCUT2D eigenvalue weighted by Crippen LogP contribution is 2.17. The number of benzene rings is 1. The van der Waals surface area contributed by atoms with Gasteiger partial charge in [0.2, 0.25) is 0 Å². The number of rotatable bonds is 8. The van der Waals surface area contributed by atoms with Crippen molar-refractivity contribution in [3.05, 3.63) is 42.0 Å². The summed E-state index contributed by atoms with van der Waals surface area (Å²) in [4.78, 5) is 0. The van der Waals surface area contributed by atoms with E-state index in [0.717, 1.165) is 12.8 Å². The second-order valence-electron chi connectivity index (χ2n) is 4.56. The number of hydrogen-bond donors (Lipinski definition) is 1. The minimum Gasteiger partial charge on any atom is -0.396 e. The molecule has 17 heavy (non-hydrogen) atoms. The fraction of sp³-hybridized carbons (Fsp3) is 0.500. The Morgan fingerprint density at radius 1 is 1.12 bits per heavy atom. The first-order valence-corrected chi connectivity index (χ1v) is 6.69. The topological polar surface area (TPSA) is 20.2 Å². The standard InChI is InChI=1S/C16H24O/c1-2-8-15(13-14-17)11-6-7-12-16-9-4-3-5-10-16/h3-5,7,9-10,12,15,17H,2,6,8,11,13-14H2,1H3/b12-7+. The van der Waals surface area contributed by atoms with Crippen LogP contribution in [-0.4, -0.2) is 11.7 Å². The molecular weight excluding hydrogens is 208 g/mol. The van der Waals surface area contributed by atoms with Gasteiger partial charge in [-0.2, -0.15) is 0 Å². The Morgan fingerprint density at radius 2 is 1.88 bits per heavy atom. The van der Waals surface area contributed by atoms with Crippen molar-refractivity contribution < 1.29 is 5.11 Å². The van der Waals surface area contributed by atoms with Crippen LogP contribution in [0.4, 0.5) is 0 Å². The van der Waals surface area contributed by atoms with E-state index in [-0.39, 0.29) is 0 Å². The average molecular weight is 232 g/mol. The van der Waals surface area contributed by atoms with Gasteiger partial charge in [-0.3, -0.25) is 0 Å². The van der Waals surface area contributed by atoms with Crippen LogP contribution in [-0.2, 0) is 0 Å². The SMILES string of the molecule is CCCC(CCO)CC/C=C/c1ccccc1. The van der Waals surface area contributed by atoms with Crippen LogP contribution in [0.3, 0.4) is 0 Å². The highest BCUT2D eigenvalue weighted by atomic mass is 16.3. The summed E-state index contributed by atoms with van der Waals surface area (Å²) in [5.41, 5.74) is 1.27. The fourth-order valence-corrected chi connectivity index (χ4v) is 2.14. The van der Waals surface area contributed by atoms with E-state index in [1.807, 2.05) is 6.07 Å². The molecule has 1 unspecified atom stereocenters. The summed E-state index contributed by atoms with van der Waals surface area (Å²) in [5, 5.41) is 8.98. The summed E-state index contributed by atoms with van der Waals surface area (Å²) >= 11 is 0. The zero-order valence-corrected chi connectivity index (χ0v) is 10.8. The monoisotopic (exact) mass is 232 g/mol. The van der Waals surface area contributed by atoms with E-state index in [4.69, 9.17) is 5.11 Å². The van der Waals surface area contributed by atoms with Gasteiger partial charge in [0.05, 0.1) is 0 Å². The summed E-state index contributed by atoms with van der Waals surface area (Å²) in [6.07, 6.45) is 10.1. The zero-order valence-electron chi connectivity index (χ0n) is 10.8. The maximum absolute atomic E-state index is 8.98. The van der Waals surface area contributed by atoms with Crippen LogP contribution >= 0.6 is 0 Å². The fourth-order valence-electron chi connectivity index (χ4n) is 2.14. The molecule has 1 atom stereocenters. The molecule has 0 aromatic heterocycles. The lowest BCUT2D eigenvalue weighted by Crippen LogP contribution is -2.02. The highest BCUT2D eigenvalue weighted by Gasteiger charge is 2.05. The molecule has 94 valence electrons. The molecule has 1 nitrogen and oxygen atoms in total. The lowest BCUT2D eigenvalue weighted by Gasteiger charge is -2.12. The van der Waals surface area contributed by atoms with Gasteiger partial charge in [0, 0.05) is 6.61 Å². The molecule has 0 amide bonds. The van der Waals surface area contributed by atoms with Crippen LogP contribution in [0.25, 0.3) is 6.08 Å². The molecule has 0 radical (unpaired) electrons. The third kappa shape index (κ3) is 6.28. The van der Waals surface area contributed by atoms with Crippen molar-refractivity contribution in [3.63, 3.8) is 0 Å². The molecule has 0 saturated carbocycles. The highest BCUT2D eigenvalue weighted by molar-refractivity contribution is 5.48. The van der Waals surface area contributed by atoms with Crippen molar-refractivity contribution in [3.8, 4) is 0 Å². The molecule has 1 aromatic rings. The third-order valence-corrected chi connectivity index (χ3v) is 3.09. The van der Waals surface area contributed by atoms with Gasteiger partial charge in [-0.1, -0.05) is 62.2 Å². The van der Waals surface area contributed by atoms with Gasteiger partial charge in [0.1, 0.15) is 0 Å². The first-order chi connectivity index (χ1) is 8.36.